The second kappa shape index (κ2) is 6.90. The molecule has 2 atom stereocenters. The van der Waals surface area contributed by atoms with E-state index in [4.69, 9.17) is 4.74 Å². The van der Waals surface area contributed by atoms with Crippen LogP contribution in [-0.2, 0) is 11.3 Å². The third kappa shape index (κ3) is 3.12. The molecule has 0 bridgehead atoms. The van der Waals surface area contributed by atoms with Crippen molar-refractivity contribution in [1.29, 1.82) is 0 Å². The van der Waals surface area contributed by atoms with Gasteiger partial charge in [-0.3, -0.25) is 4.68 Å². The molecule has 18 heavy (non-hydrogen) atoms. The Morgan fingerprint density at radius 2 is 2.17 bits per heavy atom. The van der Waals surface area contributed by atoms with E-state index >= 15 is 0 Å². The summed E-state index contributed by atoms with van der Waals surface area (Å²) in [7, 11) is 1.99. The topological polar surface area (TPSA) is 39.1 Å². The van der Waals surface area contributed by atoms with Gasteiger partial charge < -0.3 is 10.1 Å². The molecule has 1 rings (SSSR count). The first-order valence-corrected chi connectivity index (χ1v) is 6.95. The van der Waals surface area contributed by atoms with Gasteiger partial charge in [0.2, 0.25) is 0 Å². The van der Waals surface area contributed by atoms with Crippen LogP contribution in [-0.4, -0.2) is 29.0 Å². The van der Waals surface area contributed by atoms with E-state index in [1.165, 1.54) is 5.69 Å². The zero-order valence-corrected chi connectivity index (χ0v) is 12.4. The number of nitrogens with zero attached hydrogens (tertiary/aromatic N) is 2. The molecule has 4 nitrogen and oxygen atoms in total. The van der Waals surface area contributed by atoms with Crippen molar-refractivity contribution in [3.8, 4) is 0 Å². The molecule has 0 fully saturated rings. The molecule has 4 heteroatoms. The summed E-state index contributed by atoms with van der Waals surface area (Å²) in [6.07, 6.45) is 3.92. The van der Waals surface area contributed by atoms with Crippen LogP contribution >= 0.6 is 0 Å². The Kier molecular flexibility index (Phi) is 5.82. The van der Waals surface area contributed by atoms with E-state index in [-0.39, 0.29) is 11.6 Å². The van der Waals surface area contributed by atoms with Crippen LogP contribution in [0.2, 0.25) is 0 Å². The predicted octanol–water partition coefficient (Wildman–Crippen LogP) is 2.76. The maximum atomic E-state index is 5.98. The van der Waals surface area contributed by atoms with Crippen LogP contribution in [0, 0.1) is 0 Å². The van der Waals surface area contributed by atoms with Gasteiger partial charge in [0.1, 0.15) is 0 Å². The molecular formula is C14H27N3O. The number of hydrogen-bond donors (Lipinski definition) is 1. The lowest BCUT2D eigenvalue weighted by molar-refractivity contribution is -0.0565. The summed E-state index contributed by atoms with van der Waals surface area (Å²) in [6.45, 7) is 10.2. The summed E-state index contributed by atoms with van der Waals surface area (Å²) >= 11 is 0. The van der Waals surface area contributed by atoms with E-state index in [0.29, 0.717) is 0 Å². The monoisotopic (exact) mass is 253 g/mol. The van der Waals surface area contributed by atoms with Gasteiger partial charge in [-0.15, -0.1) is 0 Å². The van der Waals surface area contributed by atoms with Gasteiger partial charge in [0.15, 0.2) is 0 Å². The van der Waals surface area contributed by atoms with Crippen molar-refractivity contribution in [3.63, 3.8) is 0 Å². The van der Waals surface area contributed by atoms with E-state index < -0.39 is 0 Å². The van der Waals surface area contributed by atoms with Gasteiger partial charge in [0, 0.05) is 19.3 Å². The van der Waals surface area contributed by atoms with Crippen LogP contribution in [0.5, 0.6) is 0 Å². The smallest absolute Gasteiger partial charge is 0.0860 e. The van der Waals surface area contributed by atoms with Gasteiger partial charge in [-0.1, -0.05) is 13.8 Å². The third-order valence-corrected chi connectivity index (χ3v) is 3.56. The van der Waals surface area contributed by atoms with Gasteiger partial charge in [-0.2, -0.15) is 5.10 Å². The lowest BCUT2D eigenvalue weighted by Crippen LogP contribution is -2.43. The quantitative estimate of drug-likeness (QED) is 0.774. The van der Waals surface area contributed by atoms with Crippen molar-refractivity contribution in [1.82, 2.24) is 15.1 Å². The van der Waals surface area contributed by atoms with Crippen LogP contribution in [0.1, 0.15) is 52.3 Å². The van der Waals surface area contributed by atoms with Crippen LogP contribution in [0.25, 0.3) is 0 Å². The molecule has 0 saturated carbocycles. The summed E-state index contributed by atoms with van der Waals surface area (Å²) in [5.41, 5.74) is 1.01. The van der Waals surface area contributed by atoms with Gasteiger partial charge in [-0.25, -0.2) is 0 Å². The summed E-state index contributed by atoms with van der Waals surface area (Å²) in [5.74, 6) is 0. The van der Waals surface area contributed by atoms with E-state index in [1.807, 2.05) is 20.2 Å². The first kappa shape index (κ1) is 15.2. The first-order chi connectivity index (χ1) is 8.62. The van der Waals surface area contributed by atoms with Gasteiger partial charge >= 0.3 is 0 Å². The second-order valence-corrected chi connectivity index (χ2v) is 4.80. The molecule has 0 saturated heterocycles. The van der Waals surface area contributed by atoms with Gasteiger partial charge in [-0.05, 0) is 39.8 Å². The Bertz CT molecular complexity index is 351. The fraction of sp³-hybridized carbons (Fsp3) is 0.786. The summed E-state index contributed by atoms with van der Waals surface area (Å²) in [5, 5.41) is 7.80. The van der Waals surface area contributed by atoms with Crippen molar-refractivity contribution in [3.05, 3.63) is 18.0 Å². The number of nitrogens with one attached hydrogen (secondary N) is 1. The van der Waals surface area contributed by atoms with E-state index in [1.54, 1.807) is 0 Å². The fourth-order valence-corrected chi connectivity index (χ4v) is 2.47. The molecule has 2 unspecified atom stereocenters. The largest absolute Gasteiger partial charge is 0.374 e. The summed E-state index contributed by atoms with van der Waals surface area (Å²) in [6, 6.07) is 2.25. The molecule has 0 aliphatic heterocycles. The average molecular weight is 253 g/mol. The van der Waals surface area contributed by atoms with E-state index in [9.17, 15) is 0 Å². The minimum absolute atomic E-state index is 0.163. The second-order valence-electron chi connectivity index (χ2n) is 4.80. The number of likely N-dealkylation sites (N-methyl/N-ethyl adjacent to an activating group) is 1. The van der Waals surface area contributed by atoms with Crippen LogP contribution in [0.4, 0.5) is 0 Å². The van der Waals surface area contributed by atoms with Gasteiger partial charge in [0.25, 0.3) is 0 Å². The average Bonchev–Trinajstić information content (AvgIpc) is 2.79. The molecule has 0 amide bonds. The van der Waals surface area contributed by atoms with Crippen molar-refractivity contribution in [2.24, 2.45) is 0 Å². The fourth-order valence-electron chi connectivity index (χ4n) is 2.47. The molecule has 0 aliphatic rings. The molecule has 1 N–H and O–H groups in total. The molecule has 0 aromatic carbocycles. The Hall–Kier alpha value is -0.870. The van der Waals surface area contributed by atoms with Gasteiger partial charge in [0.05, 0.1) is 17.3 Å². The Morgan fingerprint density at radius 1 is 1.44 bits per heavy atom. The zero-order valence-electron chi connectivity index (χ0n) is 12.4. The highest BCUT2D eigenvalue weighted by molar-refractivity contribution is 5.12. The maximum Gasteiger partial charge on any atom is 0.0860 e. The predicted molar refractivity (Wildman–Crippen MR) is 74.6 cm³/mol. The minimum Gasteiger partial charge on any atom is -0.374 e. The maximum absolute atomic E-state index is 5.98. The molecule has 1 aromatic heterocycles. The Morgan fingerprint density at radius 3 is 2.67 bits per heavy atom. The third-order valence-electron chi connectivity index (χ3n) is 3.56. The highest BCUT2D eigenvalue weighted by Gasteiger charge is 2.35. The Labute approximate surface area is 111 Å². The van der Waals surface area contributed by atoms with Crippen LogP contribution in [0.15, 0.2) is 12.3 Å². The standard InChI is InChI=1S/C14H27N3O/c1-6-11-17-12(9-10-16-17)13(15-5)14(4,7-2)18-8-3/h9-10,13,15H,6-8,11H2,1-5H3. The number of rotatable bonds is 8. The minimum atomic E-state index is -0.199. The highest BCUT2D eigenvalue weighted by atomic mass is 16.5. The molecule has 0 spiro atoms. The zero-order chi connectivity index (χ0) is 13.6. The molecular weight excluding hydrogens is 226 g/mol. The van der Waals surface area contributed by atoms with Crippen molar-refractivity contribution < 1.29 is 4.74 Å². The lowest BCUT2D eigenvalue weighted by Gasteiger charge is -2.36. The molecule has 1 aromatic rings. The SMILES string of the molecule is CCCn1nccc1C(NC)C(C)(CC)OCC. The molecule has 0 aliphatic carbocycles. The molecule has 0 radical (unpaired) electrons. The lowest BCUT2D eigenvalue weighted by atomic mass is 9.90. The van der Waals surface area contributed by atoms with Crippen molar-refractivity contribution in [2.75, 3.05) is 13.7 Å². The summed E-state index contributed by atoms with van der Waals surface area (Å²) < 4.78 is 8.06. The van der Waals surface area contributed by atoms with E-state index in [0.717, 1.165) is 26.0 Å². The number of aryl methyl sites for hydroxylation is 1. The normalized spacial score (nSPS) is 16.5. The Balaban J connectivity index is 3.03. The van der Waals surface area contributed by atoms with Crippen molar-refractivity contribution >= 4 is 0 Å². The number of aromatic nitrogens is 2. The highest BCUT2D eigenvalue weighted by Crippen LogP contribution is 2.31. The number of hydrogen-bond acceptors (Lipinski definition) is 3. The molecule has 1 heterocycles. The first-order valence-electron chi connectivity index (χ1n) is 6.95. The van der Waals surface area contributed by atoms with E-state index in [2.05, 4.69) is 41.9 Å². The summed E-state index contributed by atoms with van der Waals surface area (Å²) in [4.78, 5) is 0. The van der Waals surface area contributed by atoms with Crippen molar-refractivity contribution in [2.45, 2.75) is 58.7 Å². The number of ether oxygens (including phenoxy) is 1. The van der Waals surface area contributed by atoms with Crippen LogP contribution < -0.4 is 5.32 Å². The van der Waals surface area contributed by atoms with Crippen LogP contribution in [0.3, 0.4) is 0 Å². The molecule has 104 valence electrons.